The molecule has 3 nitrogen and oxygen atoms in total. The molecule has 0 bridgehead atoms. The Morgan fingerprint density at radius 1 is 1.16 bits per heavy atom. The highest BCUT2D eigenvalue weighted by atomic mass is 19.1. The molecule has 0 aliphatic carbocycles. The highest BCUT2D eigenvalue weighted by Gasteiger charge is 2.04. The van der Waals surface area contributed by atoms with Crippen LogP contribution in [0.15, 0.2) is 36.4 Å². The molecule has 0 aliphatic heterocycles. The van der Waals surface area contributed by atoms with Crippen LogP contribution in [0, 0.1) is 12.7 Å². The van der Waals surface area contributed by atoms with Gasteiger partial charge in [0, 0.05) is 17.8 Å². The summed E-state index contributed by atoms with van der Waals surface area (Å²) in [7, 11) is 1.58. The Balaban J connectivity index is 2.14. The third-order valence-electron chi connectivity index (χ3n) is 2.77. The quantitative estimate of drug-likeness (QED) is 0.859. The number of hydrogen-bond acceptors (Lipinski definition) is 3. The van der Waals surface area contributed by atoms with Gasteiger partial charge in [-0.15, -0.1) is 0 Å². The van der Waals surface area contributed by atoms with E-state index in [-0.39, 0.29) is 5.82 Å². The second kappa shape index (κ2) is 5.61. The molecule has 2 aromatic carbocycles. The Kier molecular flexibility index (Phi) is 3.90. The number of benzene rings is 2. The summed E-state index contributed by atoms with van der Waals surface area (Å²) in [5.41, 5.74) is 8.13. The van der Waals surface area contributed by atoms with Crippen molar-refractivity contribution in [1.29, 1.82) is 0 Å². The van der Waals surface area contributed by atoms with Gasteiger partial charge in [-0.3, -0.25) is 0 Å². The van der Waals surface area contributed by atoms with E-state index in [1.54, 1.807) is 25.3 Å². The number of rotatable bonds is 4. The van der Waals surface area contributed by atoms with Gasteiger partial charge in [0.1, 0.15) is 23.9 Å². The summed E-state index contributed by atoms with van der Waals surface area (Å²) in [6.45, 7) is 2.18. The lowest BCUT2D eigenvalue weighted by Gasteiger charge is -2.11. The molecular weight excluding hydrogens is 245 g/mol. The highest BCUT2D eigenvalue weighted by Crippen LogP contribution is 2.23. The molecule has 0 radical (unpaired) electrons. The predicted octanol–water partition coefficient (Wildman–Crippen LogP) is 3.30. The number of methoxy groups -OCH3 is 1. The van der Waals surface area contributed by atoms with Gasteiger partial charge in [0.15, 0.2) is 0 Å². The lowest BCUT2D eigenvalue weighted by molar-refractivity contribution is 0.301. The summed E-state index contributed by atoms with van der Waals surface area (Å²) in [4.78, 5) is 0. The van der Waals surface area contributed by atoms with E-state index in [0.29, 0.717) is 23.8 Å². The van der Waals surface area contributed by atoms with E-state index < -0.39 is 0 Å². The first-order chi connectivity index (χ1) is 9.08. The van der Waals surface area contributed by atoms with E-state index in [1.165, 1.54) is 12.1 Å². The van der Waals surface area contributed by atoms with Crippen LogP contribution in [-0.4, -0.2) is 7.11 Å². The van der Waals surface area contributed by atoms with Gasteiger partial charge in [-0.05, 0) is 36.2 Å². The molecule has 100 valence electrons. The van der Waals surface area contributed by atoms with E-state index in [1.807, 2.05) is 13.0 Å². The monoisotopic (exact) mass is 261 g/mol. The van der Waals surface area contributed by atoms with Crippen LogP contribution in [0.5, 0.6) is 11.5 Å². The molecule has 0 aliphatic rings. The maximum Gasteiger partial charge on any atom is 0.126 e. The lowest BCUT2D eigenvalue weighted by Crippen LogP contribution is -1.99. The van der Waals surface area contributed by atoms with Gasteiger partial charge in [-0.2, -0.15) is 0 Å². The Hall–Kier alpha value is -2.23. The van der Waals surface area contributed by atoms with Gasteiger partial charge in [-0.1, -0.05) is 6.07 Å². The molecule has 4 heteroatoms. The van der Waals surface area contributed by atoms with Crippen LogP contribution in [0.25, 0.3) is 0 Å². The minimum atomic E-state index is -0.314. The summed E-state index contributed by atoms with van der Waals surface area (Å²) < 4.78 is 23.9. The number of aryl methyl sites for hydroxylation is 1. The fourth-order valence-corrected chi connectivity index (χ4v) is 1.78. The largest absolute Gasteiger partial charge is 0.497 e. The second-order valence-electron chi connectivity index (χ2n) is 4.31. The topological polar surface area (TPSA) is 44.5 Å². The first-order valence-corrected chi connectivity index (χ1v) is 5.91. The Labute approximate surface area is 111 Å². The van der Waals surface area contributed by atoms with E-state index >= 15 is 0 Å². The van der Waals surface area contributed by atoms with Crippen LogP contribution < -0.4 is 15.2 Å². The van der Waals surface area contributed by atoms with Crippen LogP contribution in [-0.2, 0) is 6.61 Å². The zero-order valence-electron chi connectivity index (χ0n) is 10.9. The molecule has 0 atom stereocenters. The average molecular weight is 261 g/mol. The van der Waals surface area contributed by atoms with Crippen molar-refractivity contribution in [3.8, 4) is 11.5 Å². The van der Waals surface area contributed by atoms with E-state index in [2.05, 4.69) is 0 Å². The fraction of sp³-hybridized carbons (Fsp3) is 0.200. The molecule has 0 fully saturated rings. The summed E-state index contributed by atoms with van der Waals surface area (Å²) in [6, 6.07) is 9.84. The van der Waals surface area contributed by atoms with E-state index in [4.69, 9.17) is 15.2 Å². The van der Waals surface area contributed by atoms with Gasteiger partial charge in [0.25, 0.3) is 0 Å². The molecule has 0 amide bonds. The highest BCUT2D eigenvalue weighted by molar-refractivity contribution is 5.47. The van der Waals surface area contributed by atoms with Gasteiger partial charge in [-0.25, -0.2) is 4.39 Å². The molecule has 2 aromatic rings. The van der Waals surface area contributed by atoms with Gasteiger partial charge in [0.05, 0.1) is 7.11 Å². The van der Waals surface area contributed by atoms with E-state index in [9.17, 15) is 4.39 Å². The van der Waals surface area contributed by atoms with Crippen molar-refractivity contribution in [2.75, 3.05) is 12.8 Å². The van der Waals surface area contributed by atoms with Crippen molar-refractivity contribution in [3.05, 3.63) is 53.3 Å². The molecule has 0 heterocycles. The SMILES string of the molecule is COc1cc(N)cc(COc2cc(F)ccc2C)c1. The number of anilines is 1. The second-order valence-corrected chi connectivity index (χ2v) is 4.31. The Bertz CT molecular complexity index is 584. The van der Waals surface area contributed by atoms with Crippen LogP contribution in [0.1, 0.15) is 11.1 Å². The predicted molar refractivity (Wildman–Crippen MR) is 72.9 cm³/mol. The molecule has 2 rings (SSSR count). The van der Waals surface area contributed by atoms with Crippen LogP contribution in [0.3, 0.4) is 0 Å². The summed E-state index contributed by atoms with van der Waals surface area (Å²) in [6.07, 6.45) is 0. The van der Waals surface area contributed by atoms with Crippen LogP contribution >= 0.6 is 0 Å². The van der Waals surface area contributed by atoms with Gasteiger partial charge < -0.3 is 15.2 Å². The van der Waals surface area contributed by atoms with E-state index in [0.717, 1.165) is 11.1 Å². The molecule has 0 saturated heterocycles. The molecule has 0 saturated carbocycles. The summed E-state index contributed by atoms with van der Waals surface area (Å²) in [5, 5.41) is 0. The van der Waals surface area contributed by atoms with Gasteiger partial charge in [0.2, 0.25) is 0 Å². The number of nitrogens with two attached hydrogens (primary N) is 1. The summed E-state index contributed by atoms with van der Waals surface area (Å²) in [5.74, 6) is 0.890. The number of hydrogen-bond donors (Lipinski definition) is 1. The van der Waals surface area contributed by atoms with Crippen LogP contribution in [0.4, 0.5) is 10.1 Å². The van der Waals surface area contributed by atoms with Crippen molar-refractivity contribution < 1.29 is 13.9 Å². The van der Waals surface area contributed by atoms with Crippen molar-refractivity contribution in [1.82, 2.24) is 0 Å². The lowest BCUT2D eigenvalue weighted by atomic mass is 10.2. The minimum absolute atomic E-state index is 0.311. The zero-order valence-corrected chi connectivity index (χ0v) is 10.9. The molecular formula is C15H16FNO2. The van der Waals surface area contributed by atoms with Gasteiger partial charge >= 0.3 is 0 Å². The smallest absolute Gasteiger partial charge is 0.126 e. The standard InChI is InChI=1S/C15H16FNO2/c1-10-3-4-12(16)7-15(10)19-9-11-5-13(17)8-14(6-11)18-2/h3-8H,9,17H2,1-2H3. The third-order valence-corrected chi connectivity index (χ3v) is 2.77. The Morgan fingerprint density at radius 2 is 1.95 bits per heavy atom. The first kappa shape index (κ1) is 13.2. The zero-order chi connectivity index (χ0) is 13.8. The fourth-order valence-electron chi connectivity index (χ4n) is 1.78. The Morgan fingerprint density at radius 3 is 2.68 bits per heavy atom. The normalized spacial score (nSPS) is 10.3. The summed E-state index contributed by atoms with van der Waals surface area (Å²) >= 11 is 0. The molecule has 19 heavy (non-hydrogen) atoms. The van der Waals surface area contributed by atoms with Crippen molar-refractivity contribution in [3.63, 3.8) is 0 Å². The maximum absolute atomic E-state index is 13.1. The van der Waals surface area contributed by atoms with Crippen molar-refractivity contribution >= 4 is 5.69 Å². The maximum atomic E-state index is 13.1. The number of ether oxygens (including phenoxy) is 2. The first-order valence-electron chi connectivity index (χ1n) is 5.91. The van der Waals surface area contributed by atoms with Crippen LogP contribution in [0.2, 0.25) is 0 Å². The van der Waals surface area contributed by atoms with Crippen molar-refractivity contribution in [2.45, 2.75) is 13.5 Å². The third kappa shape index (κ3) is 3.37. The molecule has 0 spiro atoms. The molecule has 0 unspecified atom stereocenters. The number of halogens is 1. The number of nitrogen functional groups attached to an aromatic ring is 1. The average Bonchev–Trinajstić information content (AvgIpc) is 2.39. The molecule has 0 aromatic heterocycles. The minimum Gasteiger partial charge on any atom is -0.497 e. The van der Waals surface area contributed by atoms with Crippen molar-refractivity contribution in [2.24, 2.45) is 0 Å². The molecule has 2 N–H and O–H groups in total.